The molecule has 0 fully saturated rings. The van der Waals surface area contributed by atoms with Crippen LogP contribution in [0.5, 0.6) is 0 Å². The molecule has 0 aliphatic carbocycles. The molecule has 0 N–H and O–H groups in total. The SMILES string of the molecule is N#Cc1ccc2c(c1)c1ccccc1n2-c1ccc2oc3ccc(-n4c5ccccc5c5ccc6oc7ccccc7c6c54)cc3c2c1. The van der Waals surface area contributed by atoms with E-state index in [1.807, 2.05) is 36.4 Å². The third-order valence-electron chi connectivity index (χ3n) is 9.93. The number of rotatable bonds is 2. The molecule has 0 unspecified atom stereocenters. The maximum absolute atomic E-state index is 9.61. The first-order valence-electron chi connectivity index (χ1n) is 16.0. The van der Waals surface area contributed by atoms with E-state index in [9.17, 15) is 5.26 Å². The molecule has 0 spiro atoms. The summed E-state index contributed by atoms with van der Waals surface area (Å²) in [6.45, 7) is 0. The van der Waals surface area contributed by atoms with Gasteiger partial charge in [0.15, 0.2) is 0 Å². The molecule has 0 aliphatic rings. The molecule has 5 nitrogen and oxygen atoms in total. The Morgan fingerprint density at radius 3 is 1.73 bits per heavy atom. The number of hydrogen-bond donors (Lipinski definition) is 0. The van der Waals surface area contributed by atoms with E-state index in [1.54, 1.807) is 0 Å². The monoisotopic (exact) mass is 613 g/mol. The number of nitrogens with zero attached hydrogens (tertiary/aromatic N) is 3. The topological polar surface area (TPSA) is 59.9 Å². The predicted molar refractivity (Wildman–Crippen MR) is 194 cm³/mol. The van der Waals surface area contributed by atoms with E-state index < -0.39 is 0 Å². The highest BCUT2D eigenvalue weighted by molar-refractivity contribution is 6.24. The fraction of sp³-hybridized carbons (Fsp3) is 0. The maximum Gasteiger partial charge on any atom is 0.137 e. The van der Waals surface area contributed by atoms with Crippen molar-refractivity contribution in [3.05, 3.63) is 145 Å². The Labute approximate surface area is 272 Å². The number of benzene rings is 7. The van der Waals surface area contributed by atoms with Crippen molar-refractivity contribution in [2.75, 3.05) is 0 Å². The van der Waals surface area contributed by atoms with E-state index in [1.165, 1.54) is 10.8 Å². The zero-order chi connectivity index (χ0) is 31.5. The largest absolute Gasteiger partial charge is 0.456 e. The van der Waals surface area contributed by atoms with Crippen molar-refractivity contribution in [2.24, 2.45) is 0 Å². The van der Waals surface area contributed by atoms with Gasteiger partial charge in [-0.05, 0) is 84.9 Å². The zero-order valence-electron chi connectivity index (χ0n) is 25.4. The Kier molecular flexibility index (Phi) is 4.85. The first-order chi connectivity index (χ1) is 23.7. The van der Waals surface area contributed by atoms with Crippen LogP contribution in [0, 0.1) is 11.3 Å². The predicted octanol–water partition coefficient (Wildman–Crippen LogP) is 11.6. The Balaban J connectivity index is 1.20. The second-order valence-corrected chi connectivity index (χ2v) is 12.4. The second-order valence-electron chi connectivity index (χ2n) is 12.4. The molecular weight excluding hydrogens is 590 g/mol. The first-order valence-corrected chi connectivity index (χ1v) is 16.0. The van der Waals surface area contributed by atoms with E-state index in [0.717, 1.165) is 88.1 Å². The number of aromatic nitrogens is 2. The van der Waals surface area contributed by atoms with Gasteiger partial charge in [-0.3, -0.25) is 0 Å². The summed E-state index contributed by atoms with van der Waals surface area (Å²) in [4.78, 5) is 0. The standard InChI is InChI=1S/C43H23N3O2/c44-24-25-13-17-37-32(21-25)29-8-2-4-10-35(29)45(37)26-14-18-39-33(22-26)34-23-27(15-19-40(34)47-39)46-36-11-5-1-7-28(36)30-16-20-41-42(43(30)46)31-9-3-6-12-38(31)48-41/h1-23H. The van der Waals surface area contributed by atoms with Gasteiger partial charge in [-0.15, -0.1) is 0 Å². The van der Waals surface area contributed by atoms with Crippen LogP contribution in [-0.4, -0.2) is 9.13 Å². The fourth-order valence-corrected chi connectivity index (χ4v) is 7.89. The lowest BCUT2D eigenvalue weighted by atomic mass is 10.1. The van der Waals surface area contributed by atoms with Crippen LogP contribution in [0.15, 0.2) is 148 Å². The van der Waals surface area contributed by atoms with E-state index >= 15 is 0 Å². The molecule has 11 aromatic rings. The number of para-hydroxylation sites is 3. The maximum atomic E-state index is 9.61. The Bertz CT molecular complexity index is 3200. The van der Waals surface area contributed by atoms with Crippen LogP contribution in [0.1, 0.15) is 5.56 Å². The van der Waals surface area contributed by atoms with Crippen LogP contribution in [-0.2, 0) is 0 Å². The normalized spacial score (nSPS) is 12.1. The minimum Gasteiger partial charge on any atom is -0.456 e. The highest BCUT2D eigenvalue weighted by Gasteiger charge is 2.20. The van der Waals surface area contributed by atoms with Crippen LogP contribution >= 0.6 is 0 Å². The summed E-state index contributed by atoms with van der Waals surface area (Å²) in [5.41, 5.74) is 10.6. The van der Waals surface area contributed by atoms with Crippen molar-refractivity contribution < 1.29 is 8.83 Å². The lowest BCUT2D eigenvalue weighted by Crippen LogP contribution is -1.94. The average Bonchev–Trinajstić information content (AvgIpc) is 3.88. The zero-order valence-corrected chi connectivity index (χ0v) is 25.4. The van der Waals surface area contributed by atoms with Gasteiger partial charge in [0, 0.05) is 49.1 Å². The second kappa shape index (κ2) is 9.16. The van der Waals surface area contributed by atoms with E-state index in [-0.39, 0.29) is 0 Å². The highest BCUT2D eigenvalue weighted by atomic mass is 16.3. The van der Waals surface area contributed by atoms with Crippen LogP contribution in [0.25, 0.3) is 98.9 Å². The van der Waals surface area contributed by atoms with Gasteiger partial charge in [-0.1, -0.05) is 54.6 Å². The summed E-state index contributed by atoms with van der Waals surface area (Å²) >= 11 is 0. The van der Waals surface area contributed by atoms with Crippen molar-refractivity contribution in [2.45, 2.75) is 0 Å². The molecule has 4 aromatic heterocycles. The summed E-state index contributed by atoms with van der Waals surface area (Å²) < 4.78 is 17.4. The molecule has 0 atom stereocenters. The molecule has 5 heteroatoms. The summed E-state index contributed by atoms with van der Waals surface area (Å²) in [6, 6.07) is 50.6. The molecule has 48 heavy (non-hydrogen) atoms. The van der Waals surface area contributed by atoms with E-state index in [2.05, 4.69) is 118 Å². The number of furan rings is 2. The molecule has 0 amide bonds. The van der Waals surface area contributed by atoms with E-state index in [4.69, 9.17) is 8.83 Å². The fourth-order valence-electron chi connectivity index (χ4n) is 7.89. The summed E-state index contributed by atoms with van der Waals surface area (Å²) in [5, 5.41) is 18.5. The third kappa shape index (κ3) is 3.28. The van der Waals surface area contributed by atoms with Gasteiger partial charge in [0.25, 0.3) is 0 Å². The van der Waals surface area contributed by atoms with Crippen molar-refractivity contribution in [1.29, 1.82) is 5.26 Å². The summed E-state index contributed by atoms with van der Waals surface area (Å²) in [6.07, 6.45) is 0. The lowest BCUT2D eigenvalue weighted by molar-refractivity contribution is 0.668. The Morgan fingerprint density at radius 2 is 0.979 bits per heavy atom. The minimum absolute atomic E-state index is 0.653. The quantitative estimate of drug-likeness (QED) is 0.195. The molecule has 0 bridgehead atoms. The average molecular weight is 614 g/mol. The number of fused-ring (bicyclic) bond motifs is 13. The van der Waals surface area contributed by atoms with Crippen LogP contribution in [0.4, 0.5) is 0 Å². The van der Waals surface area contributed by atoms with Crippen LogP contribution in [0.3, 0.4) is 0 Å². The van der Waals surface area contributed by atoms with Gasteiger partial charge in [-0.25, -0.2) is 0 Å². The molecule has 222 valence electrons. The summed E-state index contributed by atoms with van der Waals surface area (Å²) in [5.74, 6) is 0. The summed E-state index contributed by atoms with van der Waals surface area (Å²) in [7, 11) is 0. The van der Waals surface area contributed by atoms with Crippen molar-refractivity contribution >= 4 is 87.5 Å². The highest BCUT2D eigenvalue weighted by Crippen LogP contribution is 2.42. The Morgan fingerprint density at radius 1 is 0.417 bits per heavy atom. The van der Waals surface area contributed by atoms with Gasteiger partial charge >= 0.3 is 0 Å². The minimum atomic E-state index is 0.653. The van der Waals surface area contributed by atoms with Gasteiger partial charge in [-0.2, -0.15) is 5.26 Å². The molecule has 0 saturated heterocycles. The van der Waals surface area contributed by atoms with Crippen molar-refractivity contribution in [3.63, 3.8) is 0 Å². The molecule has 0 radical (unpaired) electrons. The molecule has 0 saturated carbocycles. The molecule has 4 heterocycles. The van der Waals surface area contributed by atoms with Gasteiger partial charge in [0.1, 0.15) is 22.3 Å². The van der Waals surface area contributed by atoms with Gasteiger partial charge in [0.2, 0.25) is 0 Å². The molecular formula is C43H23N3O2. The van der Waals surface area contributed by atoms with Crippen molar-refractivity contribution in [3.8, 4) is 17.4 Å². The number of hydrogen-bond acceptors (Lipinski definition) is 3. The molecule has 0 aliphatic heterocycles. The smallest absolute Gasteiger partial charge is 0.137 e. The van der Waals surface area contributed by atoms with E-state index in [0.29, 0.717) is 5.56 Å². The number of nitriles is 1. The third-order valence-corrected chi connectivity index (χ3v) is 9.93. The first kappa shape index (κ1) is 25.4. The van der Waals surface area contributed by atoms with Gasteiger partial charge in [0.05, 0.1) is 39.1 Å². The van der Waals surface area contributed by atoms with Crippen LogP contribution < -0.4 is 0 Å². The van der Waals surface area contributed by atoms with Crippen molar-refractivity contribution in [1.82, 2.24) is 9.13 Å². The Hall–Kier alpha value is -6.77. The van der Waals surface area contributed by atoms with Crippen LogP contribution in [0.2, 0.25) is 0 Å². The van der Waals surface area contributed by atoms with Gasteiger partial charge < -0.3 is 18.0 Å². The molecule has 7 aromatic carbocycles. The molecule has 11 rings (SSSR count). The lowest BCUT2D eigenvalue weighted by Gasteiger charge is -2.09.